The van der Waals surface area contributed by atoms with Gasteiger partial charge in [0.25, 0.3) is 0 Å². The zero-order chi connectivity index (χ0) is 14.7. The molecular weight excluding hydrogens is 346 g/mol. The van der Waals surface area contributed by atoms with Crippen LogP contribution in [0.25, 0.3) is 0 Å². The van der Waals surface area contributed by atoms with E-state index in [0.717, 1.165) is 25.7 Å². The molecule has 1 aromatic heterocycles. The first-order valence-electron chi connectivity index (χ1n) is 7.29. The van der Waals surface area contributed by atoms with E-state index in [9.17, 15) is 0 Å². The number of nitrogens with zero attached hydrogens (tertiary/aromatic N) is 2. The number of benzene rings is 1. The van der Waals surface area contributed by atoms with Gasteiger partial charge >= 0.3 is 0 Å². The van der Waals surface area contributed by atoms with Gasteiger partial charge in [-0.3, -0.25) is 4.90 Å². The molecule has 5 heteroatoms. The molecule has 0 amide bonds. The van der Waals surface area contributed by atoms with E-state index in [-0.39, 0.29) is 0 Å². The van der Waals surface area contributed by atoms with Gasteiger partial charge in [0.2, 0.25) is 0 Å². The van der Waals surface area contributed by atoms with E-state index in [1.165, 1.54) is 33.6 Å². The Morgan fingerprint density at radius 3 is 2.90 bits per heavy atom. The molecule has 1 saturated carbocycles. The van der Waals surface area contributed by atoms with Crippen LogP contribution in [-0.2, 0) is 19.6 Å². The Kier molecular flexibility index (Phi) is 5.06. The summed E-state index contributed by atoms with van der Waals surface area (Å²) in [6.45, 7) is 2.74. The van der Waals surface area contributed by atoms with Crippen molar-refractivity contribution in [3.05, 3.63) is 50.4 Å². The van der Waals surface area contributed by atoms with Crippen LogP contribution in [0.4, 0.5) is 0 Å². The molecule has 1 fully saturated rings. The van der Waals surface area contributed by atoms with Crippen molar-refractivity contribution in [1.29, 1.82) is 0 Å². The van der Waals surface area contributed by atoms with Crippen molar-refractivity contribution >= 4 is 27.3 Å². The highest BCUT2D eigenvalue weighted by molar-refractivity contribution is 9.10. The van der Waals surface area contributed by atoms with Gasteiger partial charge in [-0.15, -0.1) is 11.3 Å². The molecule has 1 N–H and O–H groups in total. The minimum absolute atomic E-state index is 0.746. The lowest BCUT2D eigenvalue weighted by Crippen LogP contribution is -2.18. The average Bonchev–Trinajstić information content (AvgIpc) is 3.19. The summed E-state index contributed by atoms with van der Waals surface area (Å²) in [5, 5.41) is 6.90. The van der Waals surface area contributed by atoms with Gasteiger partial charge in [0, 0.05) is 35.5 Å². The lowest BCUT2D eigenvalue weighted by Gasteiger charge is -2.16. The van der Waals surface area contributed by atoms with Crippen molar-refractivity contribution in [3.8, 4) is 0 Å². The van der Waals surface area contributed by atoms with E-state index < -0.39 is 0 Å². The highest BCUT2D eigenvalue weighted by Crippen LogP contribution is 2.21. The molecule has 1 aliphatic rings. The van der Waals surface area contributed by atoms with Crippen molar-refractivity contribution in [2.75, 3.05) is 7.05 Å². The van der Waals surface area contributed by atoms with Gasteiger partial charge in [-0.25, -0.2) is 4.98 Å². The molecule has 0 saturated heterocycles. The molecule has 0 atom stereocenters. The van der Waals surface area contributed by atoms with Crippen LogP contribution in [0.5, 0.6) is 0 Å². The molecule has 0 radical (unpaired) electrons. The number of halogens is 1. The Hall–Kier alpha value is -0.750. The lowest BCUT2D eigenvalue weighted by molar-refractivity contribution is 0.315. The van der Waals surface area contributed by atoms with Gasteiger partial charge in [0.15, 0.2) is 0 Å². The summed E-state index contributed by atoms with van der Waals surface area (Å²) in [5.41, 5.74) is 2.48. The monoisotopic (exact) mass is 365 g/mol. The summed E-state index contributed by atoms with van der Waals surface area (Å²) in [6.07, 6.45) is 2.65. The van der Waals surface area contributed by atoms with Crippen molar-refractivity contribution in [2.24, 2.45) is 0 Å². The van der Waals surface area contributed by atoms with Gasteiger partial charge in [-0.1, -0.05) is 34.1 Å². The van der Waals surface area contributed by atoms with E-state index in [0.29, 0.717) is 0 Å². The highest BCUT2D eigenvalue weighted by atomic mass is 79.9. The number of rotatable bonds is 7. The smallest absolute Gasteiger partial charge is 0.107 e. The third kappa shape index (κ3) is 4.61. The largest absolute Gasteiger partial charge is 0.308 e. The summed E-state index contributed by atoms with van der Waals surface area (Å²) >= 11 is 5.37. The predicted octanol–water partition coefficient (Wildman–Crippen LogP) is 3.79. The third-order valence-corrected chi connectivity index (χ3v) is 5.22. The van der Waals surface area contributed by atoms with Crippen molar-refractivity contribution < 1.29 is 0 Å². The second-order valence-corrected chi connectivity index (χ2v) is 7.45. The summed E-state index contributed by atoms with van der Waals surface area (Å²) in [7, 11) is 2.14. The van der Waals surface area contributed by atoms with Gasteiger partial charge in [-0.05, 0) is 31.5 Å². The van der Waals surface area contributed by atoms with Gasteiger partial charge in [0.1, 0.15) is 5.01 Å². The fourth-order valence-corrected chi connectivity index (χ4v) is 3.42. The van der Waals surface area contributed by atoms with Crippen LogP contribution in [0, 0.1) is 0 Å². The van der Waals surface area contributed by atoms with E-state index in [1.54, 1.807) is 11.3 Å². The number of nitrogens with one attached hydrogen (secondary N) is 1. The normalized spacial score (nSPS) is 14.8. The standard InChI is InChI=1S/C16H20BrN3S/c1-20(9-12-4-2-3-5-15(12)17)10-14-11-21-16(19-14)8-18-13-6-7-13/h2-5,11,13,18H,6-10H2,1H3. The Bertz CT molecular complexity index is 595. The molecule has 0 unspecified atom stereocenters. The molecule has 3 rings (SSSR count). The van der Waals surface area contributed by atoms with E-state index in [1.807, 2.05) is 6.07 Å². The SMILES string of the molecule is CN(Cc1csc(CNC2CC2)n1)Cc1ccccc1Br. The second kappa shape index (κ2) is 7.01. The fraction of sp³-hybridized carbons (Fsp3) is 0.438. The molecule has 21 heavy (non-hydrogen) atoms. The Morgan fingerprint density at radius 2 is 2.14 bits per heavy atom. The van der Waals surface area contributed by atoms with Crippen LogP contribution in [0.1, 0.15) is 29.1 Å². The minimum atomic E-state index is 0.746. The quantitative estimate of drug-likeness (QED) is 0.808. The Morgan fingerprint density at radius 1 is 1.33 bits per heavy atom. The molecule has 1 aromatic carbocycles. The topological polar surface area (TPSA) is 28.2 Å². The summed E-state index contributed by atoms with van der Waals surface area (Å²) in [5.74, 6) is 0. The predicted molar refractivity (Wildman–Crippen MR) is 91.3 cm³/mol. The van der Waals surface area contributed by atoms with Crippen LogP contribution in [0.2, 0.25) is 0 Å². The van der Waals surface area contributed by atoms with E-state index in [2.05, 4.69) is 56.8 Å². The first kappa shape index (κ1) is 15.2. The van der Waals surface area contributed by atoms with Crippen LogP contribution in [0.3, 0.4) is 0 Å². The zero-order valence-corrected chi connectivity index (χ0v) is 14.6. The summed E-state index contributed by atoms with van der Waals surface area (Å²) in [6, 6.07) is 9.13. The molecular formula is C16H20BrN3S. The number of hydrogen-bond donors (Lipinski definition) is 1. The van der Waals surface area contributed by atoms with Crippen molar-refractivity contribution in [2.45, 2.75) is 38.5 Å². The molecule has 2 aromatic rings. The first-order valence-corrected chi connectivity index (χ1v) is 8.96. The van der Waals surface area contributed by atoms with Crippen LogP contribution in [0.15, 0.2) is 34.1 Å². The van der Waals surface area contributed by atoms with Crippen LogP contribution < -0.4 is 5.32 Å². The highest BCUT2D eigenvalue weighted by Gasteiger charge is 2.20. The number of thiazole rings is 1. The van der Waals surface area contributed by atoms with E-state index in [4.69, 9.17) is 4.98 Å². The Balaban J connectivity index is 1.52. The Labute approximate surface area is 138 Å². The van der Waals surface area contributed by atoms with Gasteiger partial charge < -0.3 is 5.32 Å². The second-order valence-electron chi connectivity index (χ2n) is 5.65. The molecule has 1 aliphatic carbocycles. The maximum absolute atomic E-state index is 4.72. The zero-order valence-electron chi connectivity index (χ0n) is 12.2. The maximum Gasteiger partial charge on any atom is 0.107 e. The minimum Gasteiger partial charge on any atom is -0.308 e. The third-order valence-electron chi connectivity index (χ3n) is 3.55. The number of aromatic nitrogens is 1. The van der Waals surface area contributed by atoms with Crippen molar-refractivity contribution in [1.82, 2.24) is 15.2 Å². The van der Waals surface area contributed by atoms with E-state index >= 15 is 0 Å². The summed E-state index contributed by atoms with van der Waals surface area (Å²) < 4.78 is 1.17. The molecule has 0 aliphatic heterocycles. The fourth-order valence-electron chi connectivity index (χ4n) is 2.27. The first-order chi connectivity index (χ1) is 10.2. The average molecular weight is 366 g/mol. The maximum atomic E-state index is 4.72. The molecule has 0 bridgehead atoms. The van der Waals surface area contributed by atoms with Gasteiger partial charge in [0.05, 0.1) is 5.69 Å². The molecule has 112 valence electrons. The van der Waals surface area contributed by atoms with Gasteiger partial charge in [-0.2, -0.15) is 0 Å². The van der Waals surface area contributed by atoms with Crippen molar-refractivity contribution in [3.63, 3.8) is 0 Å². The molecule has 0 spiro atoms. The lowest BCUT2D eigenvalue weighted by atomic mass is 10.2. The molecule has 3 nitrogen and oxygen atoms in total. The molecule has 1 heterocycles. The summed E-state index contributed by atoms with van der Waals surface area (Å²) in [4.78, 5) is 7.02. The van der Waals surface area contributed by atoms with Crippen LogP contribution in [-0.4, -0.2) is 23.0 Å². The van der Waals surface area contributed by atoms with Crippen LogP contribution >= 0.6 is 27.3 Å². The number of hydrogen-bond acceptors (Lipinski definition) is 4.